The van der Waals surface area contributed by atoms with Gasteiger partial charge in [-0.15, -0.1) is 0 Å². The van der Waals surface area contributed by atoms with Gasteiger partial charge in [-0.2, -0.15) is 0 Å². The van der Waals surface area contributed by atoms with Crippen LogP contribution in [-0.4, -0.2) is 39.4 Å². The van der Waals surface area contributed by atoms with Crippen molar-refractivity contribution < 1.29 is 9.90 Å². The van der Waals surface area contributed by atoms with Crippen molar-refractivity contribution in [3.05, 3.63) is 23.8 Å². The third-order valence-electron chi connectivity index (χ3n) is 3.14. The number of rotatable bonds is 5. The molecule has 102 valence electrons. The topological polar surface area (TPSA) is 78.0 Å². The standard InChI is InChI=1S/C13H17N3O2S/c1-8-4-5-9-10(6-8)16-12(15-9)19-7-13(2,14-3)11(17)18/h4-6,14H,7H2,1-3H3,(H,15,16)(H,17,18). The number of carbonyl (C=O) groups is 1. The number of H-pyrrole nitrogens is 1. The molecule has 19 heavy (non-hydrogen) atoms. The Hall–Kier alpha value is -1.53. The summed E-state index contributed by atoms with van der Waals surface area (Å²) in [7, 11) is 1.65. The molecule has 0 saturated heterocycles. The van der Waals surface area contributed by atoms with Gasteiger partial charge in [0.2, 0.25) is 0 Å². The third kappa shape index (κ3) is 2.90. The Labute approximate surface area is 115 Å². The highest BCUT2D eigenvalue weighted by atomic mass is 32.2. The van der Waals surface area contributed by atoms with Crippen LogP contribution in [0, 0.1) is 6.92 Å². The fraction of sp³-hybridized carbons (Fsp3) is 0.385. The van der Waals surface area contributed by atoms with Crippen molar-refractivity contribution >= 4 is 28.8 Å². The van der Waals surface area contributed by atoms with E-state index in [0.717, 1.165) is 16.2 Å². The van der Waals surface area contributed by atoms with E-state index in [9.17, 15) is 9.90 Å². The van der Waals surface area contributed by atoms with Crippen LogP contribution in [0.1, 0.15) is 12.5 Å². The Kier molecular flexibility index (Phi) is 3.82. The lowest BCUT2D eigenvalue weighted by molar-refractivity contribution is -0.142. The number of aromatic amines is 1. The van der Waals surface area contributed by atoms with Crippen LogP contribution in [0.5, 0.6) is 0 Å². The van der Waals surface area contributed by atoms with Crippen LogP contribution in [0.25, 0.3) is 11.0 Å². The van der Waals surface area contributed by atoms with E-state index in [0.29, 0.717) is 5.75 Å². The Balaban J connectivity index is 2.16. The molecule has 1 heterocycles. The first-order valence-corrected chi connectivity index (χ1v) is 6.94. The van der Waals surface area contributed by atoms with Crippen molar-refractivity contribution in [2.75, 3.05) is 12.8 Å². The van der Waals surface area contributed by atoms with Gasteiger partial charge in [-0.1, -0.05) is 17.8 Å². The number of hydrogen-bond acceptors (Lipinski definition) is 4. The number of likely N-dealkylation sites (N-methyl/N-ethyl adjacent to an activating group) is 1. The molecule has 0 aliphatic rings. The molecule has 0 aliphatic heterocycles. The van der Waals surface area contributed by atoms with E-state index < -0.39 is 11.5 Å². The van der Waals surface area contributed by atoms with E-state index in [2.05, 4.69) is 15.3 Å². The zero-order valence-electron chi connectivity index (χ0n) is 11.2. The molecule has 1 atom stereocenters. The van der Waals surface area contributed by atoms with Crippen molar-refractivity contribution in [2.24, 2.45) is 0 Å². The molecule has 0 radical (unpaired) electrons. The highest BCUT2D eigenvalue weighted by molar-refractivity contribution is 7.99. The molecular weight excluding hydrogens is 262 g/mol. The zero-order chi connectivity index (χ0) is 14.0. The fourth-order valence-electron chi connectivity index (χ4n) is 1.62. The highest BCUT2D eigenvalue weighted by Crippen LogP contribution is 2.23. The molecule has 6 heteroatoms. The first-order valence-electron chi connectivity index (χ1n) is 5.96. The van der Waals surface area contributed by atoms with Crippen LogP contribution < -0.4 is 5.32 Å². The molecule has 0 amide bonds. The summed E-state index contributed by atoms with van der Waals surface area (Å²) in [5, 5.41) is 12.7. The number of hydrogen-bond donors (Lipinski definition) is 3. The van der Waals surface area contributed by atoms with Crippen LogP contribution >= 0.6 is 11.8 Å². The summed E-state index contributed by atoms with van der Waals surface area (Å²) in [6, 6.07) is 5.99. The number of aliphatic carboxylic acids is 1. The summed E-state index contributed by atoms with van der Waals surface area (Å²) in [5.74, 6) is -0.466. The molecule has 1 aromatic carbocycles. The number of fused-ring (bicyclic) bond motifs is 1. The molecule has 0 bridgehead atoms. The van der Waals surface area contributed by atoms with Gasteiger partial charge in [0, 0.05) is 5.75 Å². The number of imidazole rings is 1. The average molecular weight is 279 g/mol. The molecule has 0 fully saturated rings. The number of aromatic nitrogens is 2. The molecule has 5 nitrogen and oxygen atoms in total. The van der Waals surface area contributed by atoms with Gasteiger partial charge in [-0.05, 0) is 38.6 Å². The van der Waals surface area contributed by atoms with Gasteiger partial charge in [0.25, 0.3) is 0 Å². The van der Waals surface area contributed by atoms with Gasteiger partial charge < -0.3 is 15.4 Å². The van der Waals surface area contributed by atoms with Crippen LogP contribution in [-0.2, 0) is 4.79 Å². The summed E-state index contributed by atoms with van der Waals surface area (Å²) >= 11 is 1.40. The molecule has 1 aromatic heterocycles. The monoisotopic (exact) mass is 279 g/mol. The van der Waals surface area contributed by atoms with E-state index in [1.54, 1.807) is 14.0 Å². The first-order chi connectivity index (χ1) is 8.94. The number of thioether (sulfide) groups is 1. The molecule has 2 aromatic rings. The number of carboxylic acid groups (broad SMARTS) is 1. The van der Waals surface area contributed by atoms with Crippen LogP contribution in [0.2, 0.25) is 0 Å². The smallest absolute Gasteiger partial charge is 0.324 e. The average Bonchev–Trinajstić information content (AvgIpc) is 2.77. The SMILES string of the molecule is CNC(C)(CSc1nc2ccc(C)cc2[nH]1)C(=O)O. The van der Waals surface area contributed by atoms with Gasteiger partial charge >= 0.3 is 5.97 Å². The van der Waals surface area contributed by atoms with Crippen molar-refractivity contribution in [3.8, 4) is 0 Å². The minimum absolute atomic E-state index is 0.400. The van der Waals surface area contributed by atoms with Crippen LogP contribution in [0.3, 0.4) is 0 Å². The lowest BCUT2D eigenvalue weighted by atomic mass is 10.1. The quantitative estimate of drug-likeness (QED) is 0.730. The molecule has 0 spiro atoms. The number of nitrogens with one attached hydrogen (secondary N) is 2. The zero-order valence-corrected chi connectivity index (χ0v) is 12.0. The molecule has 0 aliphatic carbocycles. The normalized spacial score (nSPS) is 14.5. The van der Waals surface area contributed by atoms with Gasteiger partial charge in [0.1, 0.15) is 5.54 Å². The summed E-state index contributed by atoms with van der Waals surface area (Å²) in [4.78, 5) is 18.8. The van der Waals surface area contributed by atoms with Gasteiger partial charge in [-0.3, -0.25) is 4.79 Å². The molecule has 1 unspecified atom stereocenters. The lowest BCUT2D eigenvalue weighted by Gasteiger charge is -2.22. The highest BCUT2D eigenvalue weighted by Gasteiger charge is 2.31. The second-order valence-corrected chi connectivity index (χ2v) is 5.70. The number of aryl methyl sites for hydroxylation is 1. The number of benzene rings is 1. The summed E-state index contributed by atoms with van der Waals surface area (Å²) in [6.45, 7) is 3.69. The van der Waals surface area contributed by atoms with Crippen LogP contribution in [0.15, 0.2) is 23.4 Å². The second-order valence-electron chi connectivity index (χ2n) is 4.74. The van der Waals surface area contributed by atoms with E-state index >= 15 is 0 Å². The first kappa shape index (κ1) is 13.9. The van der Waals surface area contributed by atoms with Crippen LogP contribution in [0.4, 0.5) is 0 Å². The summed E-state index contributed by atoms with van der Waals surface area (Å²) in [6.07, 6.45) is 0. The molecule has 0 saturated carbocycles. The third-order valence-corrected chi connectivity index (χ3v) is 4.33. The van der Waals surface area contributed by atoms with Crippen molar-refractivity contribution in [2.45, 2.75) is 24.5 Å². The Bertz CT molecular complexity index is 611. The number of carboxylic acids is 1. The molecule has 3 N–H and O–H groups in total. The molecule has 2 rings (SSSR count). The lowest BCUT2D eigenvalue weighted by Crippen LogP contribution is -2.49. The maximum atomic E-state index is 11.2. The van der Waals surface area contributed by atoms with E-state index in [1.807, 2.05) is 25.1 Å². The Morgan fingerprint density at radius 1 is 1.58 bits per heavy atom. The largest absolute Gasteiger partial charge is 0.480 e. The van der Waals surface area contributed by atoms with Crippen molar-refractivity contribution in [3.63, 3.8) is 0 Å². The van der Waals surface area contributed by atoms with Gasteiger partial charge in [0.15, 0.2) is 5.16 Å². The summed E-state index contributed by atoms with van der Waals surface area (Å²) < 4.78 is 0. The predicted octanol–water partition coefficient (Wildman–Crippen LogP) is 2.03. The Morgan fingerprint density at radius 2 is 2.32 bits per heavy atom. The minimum atomic E-state index is -0.959. The Morgan fingerprint density at radius 3 is 2.95 bits per heavy atom. The van der Waals surface area contributed by atoms with E-state index in [1.165, 1.54) is 17.3 Å². The maximum absolute atomic E-state index is 11.2. The maximum Gasteiger partial charge on any atom is 0.324 e. The predicted molar refractivity (Wildman–Crippen MR) is 76.7 cm³/mol. The second kappa shape index (κ2) is 5.22. The van der Waals surface area contributed by atoms with Gasteiger partial charge in [0.05, 0.1) is 11.0 Å². The van der Waals surface area contributed by atoms with Crippen molar-refractivity contribution in [1.29, 1.82) is 0 Å². The van der Waals surface area contributed by atoms with E-state index in [4.69, 9.17) is 0 Å². The number of nitrogens with zero attached hydrogens (tertiary/aromatic N) is 1. The summed E-state index contributed by atoms with van der Waals surface area (Å²) in [5.41, 5.74) is 2.08. The minimum Gasteiger partial charge on any atom is -0.480 e. The molecular formula is C13H17N3O2S. The van der Waals surface area contributed by atoms with E-state index in [-0.39, 0.29) is 0 Å². The van der Waals surface area contributed by atoms with Gasteiger partial charge in [-0.25, -0.2) is 4.98 Å². The fourth-order valence-corrected chi connectivity index (χ4v) is 2.66. The van der Waals surface area contributed by atoms with Crippen molar-refractivity contribution in [1.82, 2.24) is 15.3 Å².